The molecule has 94 heavy (non-hydrogen) atoms. The SMILES string of the molecule is CCOC(=O)C[C@H](CC(=O)C(CC(C)C)n1cc(CCN2CC(C)C2)c(C)cc1=O)c1cc(-c2c(C)cccc2C)cc(C)c1F.Cc1cc(=O)n(C(CC(C)C)C(=O)C[C@@H](CC(=O)O)c2cc(-c3c(C)cccc3C)cc(C)c2F)cc1CCN1CC(C)C1.S.S.[Li+].[OH-]. The minimum absolute atomic E-state index is 0. The number of carbonyl (C=O) groups excluding carboxylic acids is 3. The van der Waals surface area contributed by atoms with E-state index in [2.05, 4.69) is 23.6 Å². The molecule has 2 saturated heterocycles. The molecule has 0 aliphatic carbocycles. The molecule has 2 aromatic heterocycles. The molecule has 508 valence electrons. The maximum absolute atomic E-state index is 16.0. The smallest absolute Gasteiger partial charge is 0.870 e. The van der Waals surface area contributed by atoms with Crippen LogP contribution >= 0.6 is 27.0 Å². The van der Waals surface area contributed by atoms with Gasteiger partial charge in [0.1, 0.15) is 11.6 Å². The van der Waals surface area contributed by atoms with Crippen molar-refractivity contribution in [1.29, 1.82) is 0 Å². The second kappa shape index (κ2) is 37.0. The zero-order valence-electron chi connectivity index (χ0n) is 58.6. The number of benzene rings is 4. The summed E-state index contributed by atoms with van der Waals surface area (Å²) < 4.78 is 40.2. The van der Waals surface area contributed by atoms with Crippen molar-refractivity contribution in [3.05, 3.63) is 184 Å². The maximum atomic E-state index is 16.0. The number of carbonyl (C=O) groups is 4. The number of likely N-dealkylation sites (tertiary alicyclic amines) is 2. The van der Waals surface area contributed by atoms with Crippen molar-refractivity contribution < 1.29 is 62.1 Å². The number of carboxylic acids is 1. The third-order valence-corrected chi connectivity index (χ3v) is 18.3. The van der Waals surface area contributed by atoms with Gasteiger partial charge in [0.15, 0.2) is 11.6 Å². The number of ketones is 2. The molecule has 0 amide bonds. The third-order valence-electron chi connectivity index (χ3n) is 18.3. The largest absolute Gasteiger partial charge is 1.00 e. The van der Waals surface area contributed by atoms with Crippen molar-refractivity contribution >= 4 is 50.5 Å². The summed E-state index contributed by atoms with van der Waals surface area (Å²) in [5, 5.41) is 9.86. The molecule has 18 heteroatoms. The Bertz CT molecular complexity index is 3670. The number of ether oxygens (including phenoxy) is 1. The van der Waals surface area contributed by atoms with Gasteiger partial charge in [0, 0.05) is 88.5 Å². The summed E-state index contributed by atoms with van der Waals surface area (Å²) in [7, 11) is 0. The minimum Gasteiger partial charge on any atom is -0.870 e. The topological polar surface area (TPSA) is 178 Å². The summed E-state index contributed by atoms with van der Waals surface area (Å²) in [6, 6.07) is 20.8. The molecule has 2 fully saturated rings. The van der Waals surface area contributed by atoms with Crippen LogP contribution in [0.1, 0.15) is 178 Å². The van der Waals surface area contributed by atoms with E-state index in [4.69, 9.17) is 4.74 Å². The van der Waals surface area contributed by atoms with E-state index >= 15 is 8.78 Å². The number of carboxylic acid groups (broad SMARTS) is 1. The van der Waals surface area contributed by atoms with Crippen LogP contribution in [0.4, 0.5) is 8.78 Å². The number of nitrogens with zero attached hydrogens (tertiary/aromatic N) is 4. The van der Waals surface area contributed by atoms with Gasteiger partial charge in [-0.2, -0.15) is 27.0 Å². The average molecular weight is 1330 g/mol. The van der Waals surface area contributed by atoms with Crippen LogP contribution in [0.15, 0.2) is 94.8 Å². The van der Waals surface area contributed by atoms with Crippen LogP contribution in [0.2, 0.25) is 0 Å². The minimum atomic E-state index is -1.10. The molecule has 4 heterocycles. The Balaban J connectivity index is 0.000000471. The van der Waals surface area contributed by atoms with E-state index in [1.807, 2.05) is 124 Å². The number of Topliss-reactive ketones (excluding diaryl/α,β-unsaturated/α-hetero) is 2. The first-order chi connectivity index (χ1) is 42.5. The summed E-state index contributed by atoms with van der Waals surface area (Å²) in [5.41, 5.74) is 12.6. The number of hydrogen-bond donors (Lipinski definition) is 1. The van der Waals surface area contributed by atoms with Gasteiger partial charge in [-0.25, -0.2) is 8.78 Å². The molecule has 2 unspecified atom stereocenters. The van der Waals surface area contributed by atoms with E-state index < -0.39 is 53.9 Å². The fraction of sp³-hybridized carbons (Fsp3) is 0.500. The molecule has 0 radical (unpaired) electrons. The number of pyridine rings is 2. The van der Waals surface area contributed by atoms with E-state index in [9.17, 15) is 33.9 Å². The fourth-order valence-corrected chi connectivity index (χ4v) is 13.6. The second-order valence-electron chi connectivity index (χ2n) is 27.2. The number of rotatable bonds is 27. The van der Waals surface area contributed by atoms with E-state index in [1.54, 1.807) is 55.7 Å². The normalized spacial score (nSPS) is 14.5. The first kappa shape index (κ1) is 82.3. The number of halogens is 2. The molecule has 6 aromatic rings. The first-order valence-electron chi connectivity index (χ1n) is 32.6. The maximum Gasteiger partial charge on any atom is 1.00 e. The zero-order valence-corrected chi connectivity index (χ0v) is 60.6. The van der Waals surface area contributed by atoms with Crippen LogP contribution in [-0.4, -0.2) is 98.9 Å². The van der Waals surface area contributed by atoms with Crippen molar-refractivity contribution in [2.75, 3.05) is 45.9 Å². The zero-order chi connectivity index (χ0) is 66.0. The van der Waals surface area contributed by atoms with Crippen molar-refractivity contribution in [2.45, 2.75) is 179 Å². The molecule has 8 rings (SSSR count). The van der Waals surface area contributed by atoms with Gasteiger partial charge in [0.2, 0.25) is 0 Å². The monoisotopic (exact) mass is 1320 g/mol. The van der Waals surface area contributed by atoms with Gasteiger partial charge in [-0.15, -0.1) is 0 Å². The Morgan fingerprint density at radius 3 is 1.21 bits per heavy atom. The Kier molecular flexibility index (Phi) is 32.4. The number of esters is 1. The van der Waals surface area contributed by atoms with Gasteiger partial charge in [0.25, 0.3) is 11.1 Å². The molecule has 0 saturated carbocycles. The van der Waals surface area contributed by atoms with Gasteiger partial charge in [0.05, 0.1) is 31.5 Å². The van der Waals surface area contributed by atoms with Crippen molar-refractivity contribution in [1.82, 2.24) is 18.9 Å². The third kappa shape index (κ3) is 21.3. The Morgan fingerprint density at radius 2 is 0.894 bits per heavy atom. The van der Waals surface area contributed by atoms with Crippen LogP contribution in [-0.2, 0) is 36.8 Å². The summed E-state index contributed by atoms with van der Waals surface area (Å²) in [6.45, 7) is 35.8. The van der Waals surface area contributed by atoms with Crippen LogP contribution in [0.3, 0.4) is 0 Å². The molecule has 4 atom stereocenters. The van der Waals surface area contributed by atoms with Crippen LogP contribution in [0.25, 0.3) is 22.3 Å². The van der Waals surface area contributed by atoms with Gasteiger partial charge in [-0.1, -0.05) is 77.9 Å². The molecular formula is C76H103F2LiN4O9S2. The second-order valence-corrected chi connectivity index (χ2v) is 27.2. The van der Waals surface area contributed by atoms with Gasteiger partial charge in [-0.3, -0.25) is 28.8 Å². The Hall–Kier alpha value is -5.90. The summed E-state index contributed by atoms with van der Waals surface area (Å²) in [6.07, 6.45) is 5.33. The van der Waals surface area contributed by atoms with Gasteiger partial charge in [-0.05, 0) is 225 Å². The average Bonchev–Trinajstić information content (AvgIpc) is 0.801. The van der Waals surface area contributed by atoms with E-state index in [1.165, 1.54) is 4.57 Å². The summed E-state index contributed by atoms with van der Waals surface area (Å²) >= 11 is 0. The number of aryl methyl sites for hydroxylation is 8. The van der Waals surface area contributed by atoms with E-state index in [0.717, 1.165) is 119 Å². The van der Waals surface area contributed by atoms with Crippen molar-refractivity contribution in [3.8, 4) is 22.3 Å². The van der Waals surface area contributed by atoms with Crippen molar-refractivity contribution in [2.24, 2.45) is 23.7 Å². The first-order valence-corrected chi connectivity index (χ1v) is 32.6. The molecule has 0 bridgehead atoms. The molecule has 13 nitrogen and oxygen atoms in total. The number of aliphatic carboxylic acids is 1. The van der Waals surface area contributed by atoms with Crippen LogP contribution < -0.4 is 30.0 Å². The van der Waals surface area contributed by atoms with E-state index in [-0.39, 0.29) is 117 Å². The molecule has 2 N–H and O–H groups in total. The van der Waals surface area contributed by atoms with Crippen molar-refractivity contribution in [3.63, 3.8) is 0 Å². The Labute approximate surface area is 583 Å². The summed E-state index contributed by atoms with van der Waals surface area (Å²) in [5.74, 6) is -2.94. The van der Waals surface area contributed by atoms with Crippen LogP contribution in [0, 0.1) is 90.7 Å². The standard InChI is InChI=1S/C39H51FN2O4.C37H47FN2O4.Li.H2O.2H2S/c1-9-46-37(45)20-31(33-18-32(16-29(8)39(33)40)38-26(5)11-10-12-27(38)6)19-35(43)34(15-24(2)3)42-23-30(28(7)17-36(42)44)13-14-41-21-25(4)22-41;1-22(2)13-32(40-21-28(26(6)15-34(40)42)11-12-39-19-23(3)20-39)33(41)17-29(18-35(43)44)31-16-30(14-27(7)37(31)38)36-24(4)9-8-10-25(36)5;;;;/h10-12,16-18,23-25,31,34H,9,13-15,19-22H2,1-8H3;8-10,14-16,21-23,29,32H,11-13,17-20H2,1-7H3,(H,43,44);;3*1H2/q;;+1;;;/p-1/t31-,34?;29-,32?;;;;/m00..../s1. The van der Waals surface area contributed by atoms with E-state index in [0.29, 0.717) is 41.4 Å². The predicted octanol–water partition coefficient (Wildman–Crippen LogP) is 11.9. The molecule has 2 aliphatic rings. The van der Waals surface area contributed by atoms with Gasteiger partial charge < -0.3 is 34.3 Å². The molecule has 0 spiro atoms. The fourth-order valence-electron chi connectivity index (χ4n) is 13.6. The van der Waals surface area contributed by atoms with Crippen LogP contribution in [0.5, 0.6) is 0 Å². The number of aromatic nitrogens is 2. The number of hydrogen-bond acceptors (Lipinski definition) is 10. The van der Waals surface area contributed by atoms with Gasteiger partial charge >= 0.3 is 30.8 Å². The molecule has 2 aliphatic heterocycles. The Morgan fingerprint density at radius 1 is 0.543 bits per heavy atom. The molecule has 4 aromatic carbocycles. The molecular weight excluding hydrogens is 1220 g/mol. The summed E-state index contributed by atoms with van der Waals surface area (Å²) in [4.78, 5) is 84.9. The quantitative estimate of drug-likeness (QED) is 0.0383. The predicted molar refractivity (Wildman–Crippen MR) is 380 cm³/mol.